The van der Waals surface area contributed by atoms with Gasteiger partial charge in [0, 0.05) is 5.39 Å². The molecule has 104 valence electrons. The largest absolute Gasteiger partial charge is 0.493 e. The van der Waals surface area contributed by atoms with E-state index >= 15 is 0 Å². The summed E-state index contributed by atoms with van der Waals surface area (Å²) in [5.41, 5.74) is 0.750. The topological polar surface area (TPSA) is 66.8 Å². The van der Waals surface area contributed by atoms with E-state index in [0.717, 1.165) is 5.39 Å². The Labute approximate surface area is 114 Å². The molecular formula is C14H13NO5. The van der Waals surface area contributed by atoms with Crippen molar-refractivity contribution in [3.8, 4) is 11.5 Å². The fourth-order valence-corrected chi connectivity index (χ4v) is 2.41. The summed E-state index contributed by atoms with van der Waals surface area (Å²) in [5, 5.41) is 0.733. The average molecular weight is 275 g/mol. The van der Waals surface area contributed by atoms with Crippen molar-refractivity contribution in [1.82, 2.24) is 4.57 Å². The Morgan fingerprint density at radius 2 is 2.15 bits per heavy atom. The first-order valence-corrected chi connectivity index (χ1v) is 6.14. The van der Waals surface area contributed by atoms with E-state index < -0.39 is 5.97 Å². The molecular weight excluding hydrogens is 262 g/mol. The highest BCUT2D eigenvalue weighted by molar-refractivity contribution is 6.06. The molecule has 1 aliphatic rings. The summed E-state index contributed by atoms with van der Waals surface area (Å²) >= 11 is 0. The van der Waals surface area contributed by atoms with Gasteiger partial charge >= 0.3 is 5.97 Å². The van der Waals surface area contributed by atoms with Crippen molar-refractivity contribution in [3.05, 3.63) is 23.9 Å². The van der Waals surface area contributed by atoms with E-state index in [0.29, 0.717) is 17.0 Å². The van der Waals surface area contributed by atoms with Gasteiger partial charge < -0.3 is 14.2 Å². The van der Waals surface area contributed by atoms with Crippen molar-refractivity contribution >= 4 is 22.8 Å². The number of rotatable bonds is 2. The van der Waals surface area contributed by atoms with Gasteiger partial charge in [-0.25, -0.2) is 4.79 Å². The second kappa shape index (κ2) is 4.56. The minimum absolute atomic E-state index is 0.186. The van der Waals surface area contributed by atoms with Crippen LogP contribution in [0.1, 0.15) is 21.7 Å². The fourth-order valence-electron chi connectivity index (χ4n) is 2.41. The number of nitrogens with zero attached hydrogens (tertiary/aromatic N) is 1. The van der Waals surface area contributed by atoms with Gasteiger partial charge in [-0.2, -0.15) is 0 Å². The van der Waals surface area contributed by atoms with Gasteiger partial charge in [-0.05, 0) is 18.2 Å². The van der Waals surface area contributed by atoms with Crippen LogP contribution in [-0.4, -0.2) is 37.3 Å². The Balaban J connectivity index is 2.40. The molecule has 1 aliphatic heterocycles. The number of carbonyl (C=O) groups is 2. The number of hydrogen-bond acceptors (Lipinski definition) is 5. The Hall–Kier alpha value is -2.50. The molecule has 2 heterocycles. The first-order valence-electron chi connectivity index (χ1n) is 6.14. The third-order valence-electron chi connectivity index (χ3n) is 3.31. The Bertz CT molecular complexity index is 716. The highest BCUT2D eigenvalue weighted by Gasteiger charge is 2.27. The standard InChI is InChI=1S/C14H13NO5/c1-18-10-4-3-8-7-9(14(17)19-2)15-11(16)5-6-20-13(10)12(8)15/h3-4,7H,5-6H2,1-2H3. The number of esters is 1. The van der Waals surface area contributed by atoms with Crippen LogP contribution in [0.5, 0.6) is 11.5 Å². The Morgan fingerprint density at radius 3 is 2.85 bits per heavy atom. The van der Waals surface area contributed by atoms with Crippen LogP contribution in [0.4, 0.5) is 0 Å². The summed E-state index contributed by atoms with van der Waals surface area (Å²) in [6.45, 7) is 0.247. The molecule has 0 atom stereocenters. The third kappa shape index (κ3) is 1.65. The Morgan fingerprint density at radius 1 is 1.35 bits per heavy atom. The summed E-state index contributed by atoms with van der Waals surface area (Å²) in [4.78, 5) is 24.1. The SMILES string of the molecule is COC(=O)c1cc2ccc(OC)c3c2n1C(=O)CCO3. The minimum Gasteiger partial charge on any atom is -0.493 e. The van der Waals surface area contributed by atoms with E-state index in [1.54, 1.807) is 18.2 Å². The van der Waals surface area contributed by atoms with E-state index in [1.807, 2.05) is 0 Å². The maximum absolute atomic E-state index is 12.2. The molecule has 0 spiro atoms. The maximum atomic E-state index is 12.2. The molecule has 20 heavy (non-hydrogen) atoms. The van der Waals surface area contributed by atoms with Gasteiger partial charge in [0.2, 0.25) is 5.91 Å². The van der Waals surface area contributed by atoms with E-state index in [4.69, 9.17) is 14.2 Å². The molecule has 0 amide bonds. The first-order chi connectivity index (χ1) is 9.67. The van der Waals surface area contributed by atoms with Gasteiger partial charge in [-0.1, -0.05) is 0 Å². The molecule has 6 nitrogen and oxygen atoms in total. The van der Waals surface area contributed by atoms with Crippen molar-refractivity contribution in [2.45, 2.75) is 6.42 Å². The molecule has 0 radical (unpaired) electrons. The van der Waals surface area contributed by atoms with Crippen LogP contribution in [0.15, 0.2) is 18.2 Å². The zero-order valence-electron chi connectivity index (χ0n) is 11.1. The number of methoxy groups -OCH3 is 2. The predicted molar refractivity (Wildman–Crippen MR) is 70.6 cm³/mol. The fraction of sp³-hybridized carbons (Fsp3) is 0.286. The summed E-state index contributed by atoms with van der Waals surface area (Å²) < 4.78 is 17.0. The second-order valence-electron chi connectivity index (χ2n) is 4.38. The second-order valence-corrected chi connectivity index (χ2v) is 4.38. The highest BCUT2D eigenvalue weighted by atomic mass is 16.5. The van der Waals surface area contributed by atoms with Gasteiger partial charge in [0.05, 0.1) is 27.2 Å². The van der Waals surface area contributed by atoms with E-state index in [2.05, 4.69) is 0 Å². The quantitative estimate of drug-likeness (QED) is 0.783. The van der Waals surface area contributed by atoms with Crippen LogP contribution in [0.25, 0.3) is 10.9 Å². The molecule has 0 unspecified atom stereocenters. The van der Waals surface area contributed by atoms with Gasteiger partial charge in [0.15, 0.2) is 11.5 Å². The lowest BCUT2D eigenvalue weighted by Gasteiger charge is -2.09. The molecule has 0 saturated carbocycles. The van der Waals surface area contributed by atoms with Gasteiger partial charge in [0.1, 0.15) is 11.2 Å². The van der Waals surface area contributed by atoms with Crippen LogP contribution >= 0.6 is 0 Å². The lowest BCUT2D eigenvalue weighted by Crippen LogP contribution is -2.17. The summed E-state index contributed by atoms with van der Waals surface area (Å²) in [6, 6.07) is 5.15. The molecule has 1 aromatic carbocycles. The minimum atomic E-state index is -0.554. The van der Waals surface area contributed by atoms with E-state index in [9.17, 15) is 9.59 Å². The lowest BCUT2D eigenvalue weighted by molar-refractivity contribution is 0.0581. The molecule has 2 aromatic rings. The predicted octanol–water partition coefficient (Wildman–Crippen LogP) is 1.86. The molecule has 3 rings (SSSR count). The van der Waals surface area contributed by atoms with Crippen LogP contribution in [0, 0.1) is 0 Å². The van der Waals surface area contributed by atoms with Crippen LogP contribution in [-0.2, 0) is 4.74 Å². The smallest absolute Gasteiger partial charge is 0.355 e. The van der Waals surface area contributed by atoms with E-state index in [1.165, 1.54) is 18.8 Å². The van der Waals surface area contributed by atoms with Crippen molar-refractivity contribution in [1.29, 1.82) is 0 Å². The molecule has 0 bridgehead atoms. The highest BCUT2D eigenvalue weighted by Crippen LogP contribution is 2.39. The van der Waals surface area contributed by atoms with Crippen LogP contribution < -0.4 is 9.47 Å². The number of benzene rings is 1. The van der Waals surface area contributed by atoms with Gasteiger partial charge in [-0.15, -0.1) is 0 Å². The molecule has 0 N–H and O–H groups in total. The summed E-state index contributed by atoms with van der Waals surface area (Å²) in [6.07, 6.45) is 0.186. The van der Waals surface area contributed by atoms with E-state index in [-0.39, 0.29) is 24.6 Å². The molecule has 0 fully saturated rings. The molecule has 1 aromatic heterocycles. The number of hydrogen-bond donors (Lipinski definition) is 0. The van der Waals surface area contributed by atoms with Gasteiger partial charge in [0.25, 0.3) is 0 Å². The van der Waals surface area contributed by atoms with Crippen molar-refractivity contribution < 1.29 is 23.8 Å². The average Bonchev–Trinajstić information content (AvgIpc) is 2.77. The number of aromatic nitrogens is 1. The zero-order valence-corrected chi connectivity index (χ0v) is 11.1. The summed E-state index contributed by atoms with van der Waals surface area (Å²) in [5.74, 6) is 0.253. The number of ether oxygens (including phenoxy) is 3. The van der Waals surface area contributed by atoms with Crippen molar-refractivity contribution in [2.24, 2.45) is 0 Å². The van der Waals surface area contributed by atoms with Crippen molar-refractivity contribution in [3.63, 3.8) is 0 Å². The molecule has 0 aliphatic carbocycles. The first kappa shape index (κ1) is 12.5. The third-order valence-corrected chi connectivity index (χ3v) is 3.31. The van der Waals surface area contributed by atoms with Crippen LogP contribution in [0.2, 0.25) is 0 Å². The zero-order chi connectivity index (χ0) is 14.3. The summed E-state index contributed by atoms with van der Waals surface area (Å²) in [7, 11) is 2.81. The lowest BCUT2D eigenvalue weighted by atomic mass is 10.2. The maximum Gasteiger partial charge on any atom is 0.355 e. The molecule has 0 saturated heterocycles. The molecule has 6 heteroatoms. The monoisotopic (exact) mass is 275 g/mol. The van der Waals surface area contributed by atoms with Gasteiger partial charge in [-0.3, -0.25) is 9.36 Å². The number of carbonyl (C=O) groups excluding carboxylic acids is 2. The van der Waals surface area contributed by atoms with Crippen LogP contribution in [0.3, 0.4) is 0 Å². The van der Waals surface area contributed by atoms with Crippen molar-refractivity contribution in [2.75, 3.05) is 20.8 Å². The Kier molecular flexibility index (Phi) is 2.85. The normalized spacial score (nSPS) is 13.8.